The zero-order chi connectivity index (χ0) is 17.5. The molecule has 2 heterocycles. The number of carbonyl (C=O) groups excluding carboxylic acids is 3. The van der Waals surface area contributed by atoms with Gasteiger partial charge in [0.15, 0.2) is 6.61 Å². The predicted octanol–water partition coefficient (Wildman–Crippen LogP) is -0.473. The number of sulfonamides is 1. The van der Waals surface area contributed by atoms with Crippen molar-refractivity contribution in [1.29, 1.82) is 0 Å². The first-order valence-corrected chi connectivity index (χ1v) is 8.73. The van der Waals surface area contributed by atoms with Gasteiger partial charge in [-0.05, 0) is 30.7 Å². The molecule has 2 saturated heterocycles. The largest absolute Gasteiger partial charge is 0.439 e. The molecule has 2 fully saturated rings. The van der Waals surface area contributed by atoms with E-state index in [1.54, 1.807) is 0 Å². The Morgan fingerprint density at radius 2 is 1.88 bits per heavy atom. The highest BCUT2D eigenvalue weighted by Crippen LogP contribution is 2.22. The molecule has 2 aliphatic rings. The van der Waals surface area contributed by atoms with Crippen LogP contribution in [0.1, 0.15) is 16.8 Å². The number of nitrogens with zero attached hydrogens (tertiary/aromatic N) is 2. The molecule has 2 aliphatic heterocycles. The fraction of sp³-hybridized carbons (Fsp3) is 0.357. The maximum Gasteiger partial charge on any atom is 0.417 e. The molecule has 3 amide bonds. The molecule has 9 nitrogen and oxygen atoms in total. The summed E-state index contributed by atoms with van der Waals surface area (Å²) in [5.74, 6) is -0.713. The highest BCUT2D eigenvalue weighted by Gasteiger charge is 2.41. The van der Waals surface area contributed by atoms with Crippen molar-refractivity contribution in [2.45, 2.75) is 17.4 Å². The average molecular weight is 353 g/mol. The molecule has 1 aromatic rings. The second-order valence-electron chi connectivity index (χ2n) is 5.58. The van der Waals surface area contributed by atoms with E-state index in [-0.39, 0.29) is 24.0 Å². The first kappa shape index (κ1) is 16.4. The Labute approximate surface area is 138 Å². The van der Waals surface area contributed by atoms with E-state index in [1.807, 2.05) is 0 Å². The van der Waals surface area contributed by atoms with Crippen LogP contribution in [0.4, 0.5) is 4.79 Å². The number of benzene rings is 1. The molecule has 0 bridgehead atoms. The van der Waals surface area contributed by atoms with Crippen molar-refractivity contribution in [3.63, 3.8) is 0 Å². The van der Waals surface area contributed by atoms with E-state index >= 15 is 0 Å². The fourth-order valence-electron chi connectivity index (χ4n) is 2.82. The third-order valence-corrected chi connectivity index (χ3v) is 4.96. The Balaban J connectivity index is 1.70. The van der Waals surface area contributed by atoms with Gasteiger partial charge in [0, 0.05) is 18.7 Å². The van der Waals surface area contributed by atoms with Gasteiger partial charge in [0.1, 0.15) is 0 Å². The normalized spacial score (nSPS) is 21.3. The highest BCUT2D eigenvalue weighted by molar-refractivity contribution is 7.89. The van der Waals surface area contributed by atoms with Crippen LogP contribution >= 0.6 is 0 Å². The van der Waals surface area contributed by atoms with Crippen LogP contribution < -0.4 is 5.14 Å². The summed E-state index contributed by atoms with van der Waals surface area (Å²) in [7, 11) is -3.82. The molecule has 0 saturated carbocycles. The topological polar surface area (TPSA) is 127 Å². The van der Waals surface area contributed by atoms with Crippen molar-refractivity contribution in [3.8, 4) is 0 Å². The van der Waals surface area contributed by atoms with Gasteiger partial charge in [-0.1, -0.05) is 0 Å². The second kappa shape index (κ2) is 5.87. The summed E-state index contributed by atoms with van der Waals surface area (Å²) in [5, 5.41) is 5.01. The van der Waals surface area contributed by atoms with E-state index < -0.39 is 28.1 Å². The number of rotatable bonds is 3. The lowest BCUT2D eigenvalue weighted by atomic mass is 10.2. The van der Waals surface area contributed by atoms with E-state index in [2.05, 4.69) is 4.74 Å². The smallest absolute Gasteiger partial charge is 0.417 e. The summed E-state index contributed by atoms with van der Waals surface area (Å²) in [6.07, 6.45) is -0.209. The molecule has 0 aromatic heterocycles. The van der Waals surface area contributed by atoms with E-state index in [4.69, 9.17) is 5.14 Å². The Hall–Kier alpha value is -2.46. The monoisotopic (exact) mass is 353 g/mol. The maximum absolute atomic E-state index is 12.5. The zero-order valence-electron chi connectivity index (χ0n) is 12.5. The van der Waals surface area contributed by atoms with Crippen molar-refractivity contribution < 1.29 is 27.5 Å². The van der Waals surface area contributed by atoms with E-state index in [0.29, 0.717) is 18.5 Å². The molecule has 0 aliphatic carbocycles. The van der Waals surface area contributed by atoms with Gasteiger partial charge < -0.3 is 9.64 Å². The van der Waals surface area contributed by atoms with Gasteiger partial charge in [0.05, 0.1) is 10.9 Å². The Kier molecular flexibility index (Phi) is 4.01. The van der Waals surface area contributed by atoms with Crippen molar-refractivity contribution in [2.24, 2.45) is 5.14 Å². The van der Waals surface area contributed by atoms with Crippen LogP contribution in [0.5, 0.6) is 0 Å². The SMILES string of the molecule is NS(=O)(=O)c1ccc(C(=O)N2CCC(N3C(=O)COC3=O)C2)cc1. The van der Waals surface area contributed by atoms with Crippen LogP contribution in [0.25, 0.3) is 0 Å². The van der Waals surface area contributed by atoms with Gasteiger partial charge in [-0.15, -0.1) is 0 Å². The number of amides is 3. The number of nitrogens with two attached hydrogens (primary N) is 1. The molecule has 0 radical (unpaired) electrons. The lowest BCUT2D eigenvalue weighted by Crippen LogP contribution is -2.42. The standard InChI is InChI=1S/C14H15N3O6S/c15-24(21,22)11-3-1-9(2-4-11)13(19)16-6-5-10(7-16)17-12(18)8-23-14(17)20/h1-4,10H,5-8H2,(H2,15,21,22). The number of ether oxygens (including phenoxy) is 1. The van der Waals surface area contributed by atoms with Crippen LogP contribution in [0.2, 0.25) is 0 Å². The number of cyclic esters (lactones) is 1. The number of likely N-dealkylation sites (tertiary alicyclic amines) is 1. The summed E-state index contributed by atoms with van der Waals surface area (Å²) in [6, 6.07) is 4.88. The molecular weight excluding hydrogens is 338 g/mol. The molecule has 24 heavy (non-hydrogen) atoms. The minimum Gasteiger partial charge on any atom is -0.439 e. The molecule has 1 aromatic carbocycles. The maximum atomic E-state index is 12.5. The number of imide groups is 1. The molecule has 128 valence electrons. The van der Waals surface area contributed by atoms with Crippen LogP contribution in [0.3, 0.4) is 0 Å². The van der Waals surface area contributed by atoms with Gasteiger partial charge in [-0.3, -0.25) is 9.59 Å². The Bertz CT molecular complexity index is 788. The third kappa shape index (κ3) is 2.97. The lowest BCUT2D eigenvalue weighted by molar-refractivity contribution is -0.127. The van der Waals surface area contributed by atoms with E-state index in [9.17, 15) is 22.8 Å². The number of carbonyl (C=O) groups is 3. The zero-order valence-corrected chi connectivity index (χ0v) is 13.4. The van der Waals surface area contributed by atoms with Gasteiger partial charge in [0.25, 0.3) is 11.8 Å². The number of primary sulfonamides is 1. The first-order chi connectivity index (χ1) is 11.3. The summed E-state index contributed by atoms with van der Waals surface area (Å²) in [6.45, 7) is 0.340. The van der Waals surface area contributed by atoms with Crippen LogP contribution in [0, 0.1) is 0 Å². The molecule has 1 atom stereocenters. The molecule has 1 unspecified atom stereocenters. The highest BCUT2D eigenvalue weighted by atomic mass is 32.2. The van der Waals surface area contributed by atoms with Crippen molar-refractivity contribution in [2.75, 3.05) is 19.7 Å². The average Bonchev–Trinajstić information content (AvgIpc) is 3.13. The van der Waals surface area contributed by atoms with Crippen LogP contribution in [-0.4, -0.2) is 61.9 Å². The fourth-order valence-corrected chi connectivity index (χ4v) is 3.34. The predicted molar refractivity (Wildman–Crippen MR) is 80.3 cm³/mol. The van der Waals surface area contributed by atoms with Crippen LogP contribution in [0.15, 0.2) is 29.2 Å². The molecular formula is C14H15N3O6S. The van der Waals surface area contributed by atoms with Crippen molar-refractivity contribution in [1.82, 2.24) is 9.80 Å². The molecule has 3 rings (SSSR count). The summed E-state index contributed by atoms with van der Waals surface area (Å²) < 4.78 is 27.1. The summed E-state index contributed by atoms with van der Waals surface area (Å²) >= 11 is 0. The van der Waals surface area contributed by atoms with Crippen molar-refractivity contribution in [3.05, 3.63) is 29.8 Å². The van der Waals surface area contributed by atoms with Gasteiger partial charge in [0.2, 0.25) is 10.0 Å². The quantitative estimate of drug-likeness (QED) is 0.782. The van der Waals surface area contributed by atoms with E-state index in [0.717, 1.165) is 4.90 Å². The Morgan fingerprint density at radius 1 is 1.21 bits per heavy atom. The summed E-state index contributed by atoms with van der Waals surface area (Å²) in [4.78, 5) is 38.2. The first-order valence-electron chi connectivity index (χ1n) is 7.18. The van der Waals surface area contributed by atoms with Gasteiger partial charge in [-0.25, -0.2) is 23.3 Å². The number of hydrogen-bond donors (Lipinski definition) is 1. The Morgan fingerprint density at radius 3 is 2.42 bits per heavy atom. The van der Waals surface area contributed by atoms with E-state index in [1.165, 1.54) is 29.2 Å². The minimum absolute atomic E-state index is 0.0799. The number of hydrogen-bond acceptors (Lipinski definition) is 6. The lowest BCUT2D eigenvalue weighted by Gasteiger charge is -2.20. The van der Waals surface area contributed by atoms with Gasteiger partial charge in [-0.2, -0.15) is 0 Å². The molecule has 0 spiro atoms. The van der Waals surface area contributed by atoms with Crippen molar-refractivity contribution >= 4 is 27.9 Å². The third-order valence-electron chi connectivity index (χ3n) is 4.03. The minimum atomic E-state index is -3.82. The second-order valence-corrected chi connectivity index (χ2v) is 7.14. The van der Waals surface area contributed by atoms with Gasteiger partial charge >= 0.3 is 6.09 Å². The summed E-state index contributed by atoms with van der Waals surface area (Å²) in [5.41, 5.74) is 0.304. The molecule has 2 N–H and O–H groups in total. The molecule has 10 heteroatoms. The van der Waals surface area contributed by atoms with Crippen LogP contribution in [-0.2, 0) is 19.6 Å².